The third-order valence-corrected chi connectivity index (χ3v) is 4.55. The molecular formula is C15H14BrClN2O. The summed E-state index contributed by atoms with van der Waals surface area (Å²) < 4.78 is 2.85. The molecule has 0 unspecified atom stereocenters. The third kappa shape index (κ3) is 2.63. The van der Waals surface area contributed by atoms with E-state index in [2.05, 4.69) is 25.8 Å². The summed E-state index contributed by atoms with van der Waals surface area (Å²) in [5.74, 6) is -0.0927. The van der Waals surface area contributed by atoms with Crippen molar-refractivity contribution < 1.29 is 4.79 Å². The van der Waals surface area contributed by atoms with Gasteiger partial charge in [-0.25, -0.2) is 0 Å². The first-order chi connectivity index (χ1) is 9.65. The van der Waals surface area contributed by atoms with Crippen LogP contribution >= 0.6 is 27.5 Å². The molecule has 104 valence electrons. The summed E-state index contributed by atoms with van der Waals surface area (Å²) in [5.41, 5.74) is 1.43. The number of benzene rings is 1. The van der Waals surface area contributed by atoms with Gasteiger partial charge in [-0.3, -0.25) is 4.79 Å². The van der Waals surface area contributed by atoms with E-state index in [0.29, 0.717) is 16.8 Å². The van der Waals surface area contributed by atoms with Crippen LogP contribution in [0.25, 0.3) is 0 Å². The SMILES string of the molecule is O=C(Nc1ccc(Cl)cc1Br)c1cccn1C1CCC1. The molecule has 1 aliphatic rings. The zero-order valence-electron chi connectivity index (χ0n) is 10.8. The predicted octanol–water partition coefficient (Wildman–Crippen LogP) is 4.88. The van der Waals surface area contributed by atoms with Gasteiger partial charge in [0.15, 0.2) is 0 Å². The quantitative estimate of drug-likeness (QED) is 0.838. The molecule has 1 fully saturated rings. The Morgan fingerprint density at radius 3 is 2.80 bits per heavy atom. The molecule has 0 saturated heterocycles. The normalized spacial score (nSPS) is 14.9. The number of nitrogens with one attached hydrogen (secondary N) is 1. The number of carbonyl (C=O) groups is 1. The summed E-state index contributed by atoms with van der Waals surface area (Å²) in [7, 11) is 0. The smallest absolute Gasteiger partial charge is 0.272 e. The highest BCUT2D eigenvalue weighted by molar-refractivity contribution is 9.10. The van der Waals surface area contributed by atoms with Gasteiger partial charge in [0.05, 0.1) is 5.69 Å². The lowest BCUT2D eigenvalue weighted by molar-refractivity contribution is 0.101. The molecular weight excluding hydrogens is 340 g/mol. The molecule has 3 nitrogen and oxygen atoms in total. The maximum Gasteiger partial charge on any atom is 0.272 e. The van der Waals surface area contributed by atoms with Gasteiger partial charge in [0.2, 0.25) is 0 Å². The summed E-state index contributed by atoms with van der Waals surface area (Å²) in [4.78, 5) is 12.4. The van der Waals surface area contributed by atoms with Crippen LogP contribution in [-0.2, 0) is 0 Å². The van der Waals surface area contributed by atoms with Crippen LogP contribution < -0.4 is 5.32 Å². The van der Waals surface area contributed by atoms with Gasteiger partial charge in [-0.2, -0.15) is 0 Å². The largest absolute Gasteiger partial charge is 0.340 e. The third-order valence-electron chi connectivity index (χ3n) is 3.66. The molecule has 0 spiro atoms. The van der Waals surface area contributed by atoms with Crippen LogP contribution in [-0.4, -0.2) is 10.5 Å². The summed E-state index contributed by atoms with van der Waals surface area (Å²) in [6.45, 7) is 0. The van der Waals surface area contributed by atoms with Crippen molar-refractivity contribution in [3.8, 4) is 0 Å². The minimum absolute atomic E-state index is 0.0927. The zero-order valence-corrected chi connectivity index (χ0v) is 13.1. The minimum atomic E-state index is -0.0927. The molecule has 1 heterocycles. The molecule has 20 heavy (non-hydrogen) atoms. The Kier molecular flexibility index (Phi) is 3.85. The molecule has 1 aromatic carbocycles. The summed E-state index contributed by atoms with van der Waals surface area (Å²) in [6, 6.07) is 9.57. The van der Waals surface area contributed by atoms with E-state index in [1.807, 2.05) is 18.3 Å². The maximum absolute atomic E-state index is 12.4. The van der Waals surface area contributed by atoms with E-state index >= 15 is 0 Å². The molecule has 1 aliphatic carbocycles. The number of carbonyl (C=O) groups excluding carboxylic acids is 1. The van der Waals surface area contributed by atoms with Gasteiger partial charge in [-0.15, -0.1) is 0 Å². The van der Waals surface area contributed by atoms with Gasteiger partial charge >= 0.3 is 0 Å². The van der Waals surface area contributed by atoms with Crippen molar-refractivity contribution in [3.05, 3.63) is 51.7 Å². The van der Waals surface area contributed by atoms with Crippen molar-refractivity contribution in [3.63, 3.8) is 0 Å². The fourth-order valence-electron chi connectivity index (χ4n) is 2.35. The van der Waals surface area contributed by atoms with Gasteiger partial charge < -0.3 is 9.88 Å². The van der Waals surface area contributed by atoms with Crippen molar-refractivity contribution in [1.82, 2.24) is 4.57 Å². The molecule has 5 heteroatoms. The van der Waals surface area contributed by atoms with E-state index in [-0.39, 0.29) is 5.91 Å². The minimum Gasteiger partial charge on any atom is -0.340 e. The van der Waals surface area contributed by atoms with E-state index in [1.165, 1.54) is 6.42 Å². The fourth-order valence-corrected chi connectivity index (χ4v) is 3.13. The summed E-state index contributed by atoms with van der Waals surface area (Å²) >= 11 is 9.30. The highest BCUT2D eigenvalue weighted by Gasteiger charge is 2.23. The monoisotopic (exact) mass is 352 g/mol. The standard InChI is InChI=1S/C15H14BrClN2O/c16-12-9-10(17)6-7-13(12)18-15(20)14-5-2-8-19(14)11-3-1-4-11/h2,5-9,11H,1,3-4H2,(H,18,20). The van der Waals surface area contributed by atoms with Crippen molar-refractivity contribution in [2.75, 3.05) is 5.32 Å². The average Bonchev–Trinajstić information content (AvgIpc) is 2.79. The number of rotatable bonds is 3. The second-order valence-electron chi connectivity index (χ2n) is 4.96. The molecule has 1 amide bonds. The molecule has 0 aliphatic heterocycles. The molecule has 0 radical (unpaired) electrons. The van der Waals surface area contributed by atoms with E-state index in [0.717, 1.165) is 23.0 Å². The van der Waals surface area contributed by atoms with Crippen LogP contribution in [0.4, 0.5) is 5.69 Å². The first-order valence-corrected chi connectivity index (χ1v) is 7.75. The zero-order chi connectivity index (χ0) is 14.1. The Balaban J connectivity index is 1.81. The van der Waals surface area contributed by atoms with Crippen LogP contribution in [0.5, 0.6) is 0 Å². The van der Waals surface area contributed by atoms with E-state index in [4.69, 9.17) is 11.6 Å². The van der Waals surface area contributed by atoms with Crippen molar-refractivity contribution in [1.29, 1.82) is 0 Å². The van der Waals surface area contributed by atoms with Crippen LogP contribution in [0.2, 0.25) is 5.02 Å². The average molecular weight is 354 g/mol. The van der Waals surface area contributed by atoms with Gasteiger partial charge in [-0.1, -0.05) is 11.6 Å². The van der Waals surface area contributed by atoms with Crippen LogP contribution in [0.1, 0.15) is 35.8 Å². The number of hydrogen-bond donors (Lipinski definition) is 1. The number of hydrogen-bond acceptors (Lipinski definition) is 1. The molecule has 1 saturated carbocycles. The van der Waals surface area contributed by atoms with Crippen molar-refractivity contribution in [2.45, 2.75) is 25.3 Å². The number of halogens is 2. The van der Waals surface area contributed by atoms with Gasteiger partial charge in [0.25, 0.3) is 5.91 Å². The highest BCUT2D eigenvalue weighted by atomic mass is 79.9. The Labute approximate surface area is 131 Å². The van der Waals surface area contributed by atoms with E-state index < -0.39 is 0 Å². The second kappa shape index (κ2) is 5.62. The topological polar surface area (TPSA) is 34.0 Å². The van der Waals surface area contributed by atoms with Crippen molar-refractivity contribution >= 4 is 39.1 Å². The van der Waals surface area contributed by atoms with Crippen LogP contribution in [0.3, 0.4) is 0 Å². The van der Waals surface area contributed by atoms with E-state index in [9.17, 15) is 4.79 Å². The number of aromatic nitrogens is 1. The molecule has 1 aromatic heterocycles. The second-order valence-corrected chi connectivity index (χ2v) is 6.25. The predicted molar refractivity (Wildman–Crippen MR) is 84.4 cm³/mol. The number of nitrogens with zero attached hydrogens (tertiary/aromatic N) is 1. The molecule has 0 atom stereocenters. The van der Waals surface area contributed by atoms with Crippen LogP contribution in [0.15, 0.2) is 41.0 Å². The van der Waals surface area contributed by atoms with Crippen molar-refractivity contribution in [2.24, 2.45) is 0 Å². The van der Waals surface area contributed by atoms with Gasteiger partial charge in [-0.05, 0) is 65.5 Å². The Bertz CT molecular complexity index is 649. The first-order valence-electron chi connectivity index (χ1n) is 6.58. The number of anilines is 1. The Morgan fingerprint density at radius 1 is 1.35 bits per heavy atom. The lowest BCUT2D eigenvalue weighted by Crippen LogP contribution is -2.23. The molecule has 2 aromatic rings. The summed E-state index contributed by atoms with van der Waals surface area (Å²) in [5, 5.41) is 3.55. The highest BCUT2D eigenvalue weighted by Crippen LogP contribution is 2.33. The summed E-state index contributed by atoms with van der Waals surface area (Å²) in [6.07, 6.45) is 5.53. The Hall–Kier alpha value is -1.26. The van der Waals surface area contributed by atoms with Crippen LogP contribution in [0, 0.1) is 0 Å². The molecule has 0 bridgehead atoms. The van der Waals surface area contributed by atoms with E-state index in [1.54, 1.807) is 18.2 Å². The lowest BCUT2D eigenvalue weighted by atomic mass is 9.93. The molecule has 1 N–H and O–H groups in total. The lowest BCUT2D eigenvalue weighted by Gasteiger charge is -2.28. The first kappa shape index (κ1) is 13.7. The van der Waals surface area contributed by atoms with Gasteiger partial charge in [0, 0.05) is 21.7 Å². The van der Waals surface area contributed by atoms with Gasteiger partial charge in [0.1, 0.15) is 5.69 Å². The molecule has 3 rings (SSSR count). The Morgan fingerprint density at radius 2 is 2.15 bits per heavy atom. The maximum atomic E-state index is 12.4. The fraction of sp³-hybridized carbons (Fsp3) is 0.267. The number of amides is 1.